The van der Waals surface area contributed by atoms with Crippen molar-refractivity contribution < 1.29 is 18.8 Å². The fourth-order valence-electron chi connectivity index (χ4n) is 3.71. The summed E-state index contributed by atoms with van der Waals surface area (Å²) in [5.41, 5.74) is 0.0992. The molecule has 0 spiro atoms. The molecule has 2 aromatic rings. The molecular weight excluding hydrogens is 375 g/mol. The zero-order valence-electron chi connectivity index (χ0n) is 16.9. The quantitative estimate of drug-likeness (QED) is 0.370. The van der Waals surface area contributed by atoms with Crippen LogP contribution in [0.2, 0.25) is 0 Å². The third-order valence-corrected chi connectivity index (χ3v) is 4.93. The summed E-state index contributed by atoms with van der Waals surface area (Å²) in [6, 6.07) is 14.9. The summed E-state index contributed by atoms with van der Waals surface area (Å²) in [5.74, 6) is -1.81. The monoisotopic (exact) mass is 402 g/mol. The molecule has 0 saturated heterocycles. The molecule has 0 fully saturated rings. The van der Waals surface area contributed by atoms with Gasteiger partial charge in [0.25, 0.3) is 0 Å². The Morgan fingerprint density at radius 3 is 2.31 bits per heavy atom. The summed E-state index contributed by atoms with van der Waals surface area (Å²) < 4.78 is 18.6. The summed E-state index contributed by atoms with van der Waals surface area (Å²) in [4.78, 5) is 24.1. The lowest BCUT2D eigenvalue weighted by molar-refractivity contribution is -0.485. The Morgan fingerprint density at radius 1 is 1.17 bits per heavy atom. The van der Waals surface area contributed by atoms with Gasteiger partial charge >= 0.3 is 5.97 Å². The molecule has 156 valence electrons. The van der Waals surface area contributed by atoms with Crippen molar-refractivity contribution in [3.8, 4) is 0 Å². The number of nitrogens with zero attached hydrogens (tertiary/aromatic N) is 1. The second-order valence-corrected chi connectivity index (χ2v) is 7.52. The standard InChI is InChI=1S/C22H27FN2O4/c1-16(2)13-22(21(26)29-3,24-14-17-7-5-4-6-8-17)20(15-25(27)28)18-9-11-19(23)12-10-18/h4-12,16,20,24H,13-15H2,1-3H3/t20-,22-/m1/s1. The van der Waals surface area contributed by atoms with E-state index in [-0.39, 0.29) is 5.92 Å². The first-order valence-corrected chi connectivity index (χ1v) is 9.53. The van der Waals surface area contributed by atoms with Crippen LogP contribution >= 0.6 is 0 Å². The number of halogens is 1. The maximum Gasteiger partial charge on any atom is 0.326 e. The lowest BCUT2D eigenvalue weighted by atomic mass is 9.73. The number of rotatable bonds is 10. The number of hydrogen-bond acceptors (Lipinski definition) is 5. The van der Waals surface area contributed by atoms with Crippen molar-refractivity contribution in [3.05, 3.63) is 81.7 Å². The number of hydrogen-bond donors (Lipinski definition) is 1. The van der Waals surface area contributed by atoms with E-state index >= 15 is 0 Å². The van der Waals surface area contributed by atoms with E-state index in [0.29, 0.717) is 18.5 Å². The maximum absolute atomic E-state index is 13.5. The summed E-state index contributed by atoms with van der Waals surface area (Å²) >= 11 is 0. The summed E-state index contributed by atoms with van der Waals surface area (Å²) in [5, 5.41) is 14.8. The van der Waals surface area contributed by atoms with Crippen LogP contribution in [0.4, 0.5) is 4.39 Å². The third kappa shape index (κ3) is 5.84. The molecule has 0 amide bonds. The van der Waals surface area contributed by atoms with Crippen LogP contribution in [0.1, 0.15) is 37.3 Å². The van der Waals surface area contributed by atoms with Crippen LogP contribution in [0.25, 0.3) is 0 Å². The molecule has 0 saturated carbocycles. The van der Waals surface area contributed by atoms with Gasteiger partial charge in [0.2, 0.25) is 6.54 Å². The van der Waals surface area contributed by atoms with Crippen molar-refractivity contribution in [2.75, 3.05) is 13.7 Å². The van der Waals surface area contributed by atoms with Gasteiger partial charge in [-0.05, 0) is 35.6 Å². The molecule has 0 heterocycles. The van der Waals surface area contributed by atoms with Gasteiger partial charge in [0, 0.05) is 11.5 Å². The van der Waals surface area contributed by atoms with Gasteiger partial charge in [0.05, 0.1) is 13.0 Å². The number of nitrogens with one attached hydrogen (secondary N) is 1. The molecule has 0 bridgehead atoms. The fraction of sp³-hybridized carbons (Fsp3) is 0.409. The van der Waals surface area contributed by atoms with Crippen LogP contribution in [0.5, 0.6) is 0 Å². The Balaban J connectivity index is 2.55. The Hall–Kier alpha value is -2.80. The van der Waals surface area contributed by atoms with E-state index in [4.69, 9.17) is 4.74 Å². The van der Waals surface area contributed by atoms with E-state index in [0.717, 1.165) is 5.56 Å². The van der Waals surface area contributed by atoms with Gasteiger partial charge in [-0.3, -0.25) is 20.2 Å². The molecule has 0 aromatic heterocycles. The molecule has 2 aromatic carbocycles. The van der Waals surface area contributed by atoms with Gasteiger partial charge in [0.1, 0.15) is 11.4 Å². The maximum atomic E-state index is 13.5. The van der Waals surface area contributed by atoms with Crippen LogP contribution in [0.3, 0.4) is 0 Å². The second kappa shape index (κ2) is 10.1. The second-order valence-electron chi connectivity index (χ2n) is 7.52. The molecule has 0 unspecified atom stereocenters. The summed E-state index contributed by atoms with van der Waals surface area (Å²) in [6.07, 6.45) is 0.322. The third-order valence-electron chi connectivity index (χ3n) is 4.93. The number of ether oxygens (including phenoxy) is 1. The van der Waals surface area contributed by atoms with Crippen LogP contribution in [0, 0.1) is 21.8 Å². The van der Waals surface area contributed by atoms with E-state index in [1.54, 1.807) is 0 Å². The van der Waals surface area contributed by atoms with Crippen molar-refractivity contribution in [2.24, 2.45) is 5.92 Å². The van der Waals surface area contributed by atoms with Crippen LogP contribution in [-0.2, 0) is 16.1 Å². The van der Waals surface area contributed by atoms with Crippen LogP contribution in [-0.4, -0.2) is 30.1 Å². The zero-order valence-corrected chi connectivity index (χ0v) is 16.9. The van der Waals surface area contributed by atoms with Crippen molar-refractivity contribution >= 4 is 5.97 Å². The summed E-state index contributed by atoms with van der Waals surface area (Å²) in [7, 11) is 1.27. The highest BCUT2D eigenvalue weighted by Crippen LogP contribution is 2.36. The Labute approximate surface area is 170 Å². The molecule has 7 heteroatoms. The first kappa shape index (κ1) is 22.5. The first-order valence-electron chi connectivity index (χ1n) is 9.53. The van der Waals surface area contributed by atoms with Crippen molar-refractivity contribution in [1.29, 1.82) is 0 Å². The highest BCUT2D eigenvalue weighted by molar-refractivity contribution is 5.82. The highest BCUT2D eigenvalue weighted by atomic mass is 19.1. The Bertz CT molecular complexity index is 811. The lowest BCUT2D eigenvalue weighted by Crippen LogP contribution is -2.58. The largest absolute Gasteiger partial charge is 0.468 e. The van der Waals surface area contributed by atoms with E-state index in [1.807, 2.05) is 44.2 Å². The van der Waals surface area contributed by atoms with Gasteiger partial charge in [0.15, 0.2) is 0 Å². The summed E-state index contributed by atoms with van der Waals surface area (Å²) in [6.45, 7) is 3.72. The molecular formula is C22H27FN2O4. The Morgan fingerprint density at radius 2 is 1.79 bits per heavy atom. The van der Waals surface area contributed by atoms with Crippen molar-refractivity contribution in [3.63, 3.8) is 0 Å². The lowest BCUT2D eigenvalue weighted by Gasteiger charge is -2.39. The Kier molecular flexibility index (Phi) is 7.84. The molecule has 2 rings (SSSR count). The van der Waals surface area contributed by atoms with Gasteiger partial charge in [-0.1, -0.05) is 56.3 Å². The molecule has 0 aliphatic carbocycles. The van der Waals surface area contributed by atoms with Gasteiger partial charge in [-0.2, -0.15) is 0 Å². The van der Waals surface area contributed by atoms with Crippen molar-refractivity contribution in [1.82, 2.24) is 5.32 Å². The van der Waals surface area contributed by atoms with Crippen LogP contribution in [0.15, 0.2) is 54.6 Å². The topological polar surface area (TPSA) is 81.5 Å². The predicted molar refractivity (Wildman–Crippen MR) is 108 cm³/mol. The van der Waals surface area contributed by atoms with E-state index in [2.05, 4.69) is 5.32 Å². The average Bonchev–Trinajstić information content (AvgIpc) is 2.70. The number of methoxy groups -OCH3 is 1. The minimum atomic E-state index is -1.34. The van der Waals surface area contributed by atoms with Gasteiger partial charge in [-0.15, -0.1) is 0 Å². The number of esters is 1. The highest BCUT2D eigenvalue weighted by Gasteiger charge is 2.49. The predicted octanol–water partition coefficient (Wildman–Crippen LogP) is 3.93. The van der Waals surface area contributed by atoms with E-state index < -0.39 is 34.7 Å². The van der Waals surface area contributed by atoms with Gasteiger partial charge in [-0.25, -0.2) is 4.39 Å². The molecule has 1 N–H and O–H groups in total. The molecule has 0 aliphatic rings. The average molecular weight is 402 g/mol. The van der Waals surface area contributed by atoms with E-state index in [1.165, 1.54) is 31.4 Å². The first-order chi connectivity index (χ1) is 13.8. The van der Waals surface area contributed by atoms with Gasteiger partial charge < -0.3 is 4.74 Å². The number of nitro groups is 1. The van der Waals surface area contributed by atoms with Crippen molar-refractivity contribution in [2.45, 2.75) is 38.3 Å². The number of carbonyl (C=O) groups excluding carboxylic acids is 1. The smallest absolute Gasteiger partial charge is 0.326 e. The van der Waals surface area contributed by atoms with E-state index in [9.17, 15) is 19.3 Å². The molecule has 2 atom stereocenters. The molecule has 0 aliphatic heterocycles. The fourth-order valence-corrected chi connectivity index (χ4v) is 3.71. The normalized spacial score (nSPS) is 14.2. The number of carbonyl (C=O) groups is 1. The molecule has 29 heavy (non-hydrogen) atoms. The minimum Gasteiger partial charge on any atom is -0.468 e. The molecule has 0 radical (unpaired) electrons. The van der Waals surface area contributed by atoms with Crippen LogP contribution < -0.4 is 5.32 Å². The number of benzene rings is 2. The SMILES string of the molecule is COC(=O)[C@](CC(C)C)(NCc1ccccc1)[C@H](C[N+](=O)[O-])c1ccc(F)cc1. The zero-order chi connectivity index (χ0) is 21.4. The minimum absolute atomic E-state index is 0.0482. The molecule has 6 nitrogen and oxygen atoms in total.